The minimum absolute atomic E-state index is 0.135. The topological polar surface area (TPSA) is 45.8 Å². The van der Waals surface area contributed by atoms with Gasteiger partial charge in [-0.15, -0.1) is 11.3 Å². The van der Waals surface area contributed by atoms with E-state index in [-0.39, 0.29) is 5.56 Å². The van der Waals surface area contributed by atoms with Crippen LogP contribution in [-0.4, -0.2) is 9.97 Å². The van der Waals surface area contributed by atoms with Crippen LogP contribution >= 0.6 is 11.3 Å². The van der Waals surface area contributed by atoms with E-state index in [0.29, 0.717) is 16.8 Å². The molecule has 0 saturated heterocycles. The number of H-pyrrole nitrogens is 1. The number of thiophene rings is 1. The van der Waals surface area contributed by atoms with Crippen molar-refractivity contribution in [2.24, 2.45) is 0 Å². The van der Waals surface area contributed by atoms with Crippen molar-refractivity contribution in [2.45, 2.75) is 25.7 Å². The van der Waals surface area contributed by atoms with E-state index in [2.05, 4.69) is 9.97 Å². The molecular weight excluding hydrogens is 330 g/mol. The molecule has 1 N–H and O–H groups in total. The predicted octanol–water partition coefficient (Wildman–Crippen LogP) is 4.31. The van der Waals surface area contributed by atoms with Crippen molar-refractivity contribution in [3.8, 4) is 0 Å². The summed E-state index contributed by atoms with van der Waals surface area (Å²) in [5.74, 6) is -1.37. The first-order valence-corrected chi connectivity index (χ1v) is 8.61. The van der Waals surface area contributed by atoms with Crippen LogP contribution in [0.5, 0.6) is 0 Å². The molecule has 1 aromatic carbocycles. The molecule has 0 atom stereocenters. The van der Waals surface area contributed by atoms with Gasteiger partial charge in [-0.05, 0) is 55.0 Å². The van der Waals surface area contributed by atoms with Gasteiger partial charge < -0.3 is 4.98 Å². The molecule has 4 rings (SSSR count). The van der Waals surface area contributed by atoms with Crippen molar-refractivity contribution in [2.75, 3.05) is 0 Å². The Labute approximate surface area is 140 Å². The van der Waals surface area contributed by atoms with E-state index in [0.717, 1.165) is 48.2 Å². The molecular formula is C18H14F2N2OS. The van der Waals surface area contributed by atoms with Gasteiger partial charge in [0.25, 0.3) is 5.56 Å². The molecule has 0 radical (unpaired) electrons. The van der Waals surface area contributed by atoms with E-state index in [1.165, 1.54) is 10.9 Å². The molecule has 0 bridgehead atoms. The van der Waals surface area contributed by atoms with E-state index in [1.807, 2.05) is 0 Å². The van der Waals surface area contributed by atoms with Crippen molar-refractivity contribution in [3.63, 3.8) is 0 Å². The number of nitrogens with one attached hydrogen (secondary N) is 1. The molecule has 0 fully saturated rings. The molecule has 1 aliphatic rings. The molecule has 24 heavy (non-hydrogen) atoms. The minimum atomic E-state index is -0.903. The summed E-state index contributed by atoms with van der Waals surface area (Å²) in [6.07, 6.45) is 7.41. The highest BCUT2D eigenvalue weighted by molar-refractivity contribution is 7.18. The Morgan fingerprint density at radius 2 is 1.96 bits per heavy atom. The van der Waals surface area contributed by atoms with Crippen molar-refractivity contribution >= 4 is 33.7 Å². The first-order valence-electron chi connectivity index (χ1n) is 7.79. The highest BCUT2D eigenvalue weighted by atomic mass is 32.1. The Hall–Kier alpha value is -2.34. The molecule has 0 spiro atoms. The van der Waals surface area contributed by atoms with Crippen LogP contribution in [-0.2, 0) is 12.8 Å². The number of halogens is 2. The third-order valence-corrected chi connectivity index (χ3v) is 5.41. The molecule has 0 unspecified atom stereocenters. The fourth-order valence-corrected chi connectivity index (χ4v) is 4.32. The highest BCUT2D eigenvalue weighted by Gasteiger charge is 2.19. The van der Waals surface area contributed by atoms with Gasteiger partial charge in [-0.25, -0.2) is 13.8 Å². The smallest absolute Gasteiger partial charge is 0.260 e. The third-order valence-electron chi connectivity index (χ3n) is 4.22. The van der Waals surface area contributed by atoms with E-state index in [9.17, 15) is 13.6 Å². The quantitative estimate of drug-likeness (QED) is 0.753. The second-order valence-corrected chi connectivity index (χ2v) is 6.93. The number of aromatic nitrogens is 2. The van der Waals surface area contributed by atoms with Gasteiger partial charge in [0, 0.05) is 4.88 Å². The lowest BCUT2D eigenvalue weighted by Crippen LogP contribution is -2.11. The van der Waals surface area contributed by atoms with Gasteiger partial charge >= 0.3 is 0 Å². The summed E-state index contributed by atoms with van der Waals surface area (Å²) in [7, 11) is 0. The van der Waals surface area contributed by atoms with Crippen molar-refractivity contribution in [3.05, 3.63) is 62.0 Å². The zero-order chi connectivity index (χ0) is 16.7. The van der Waals surface area contributed by atoms with Crippen LogP contribution in [0.3, 0.4) is 0 Å². The van der Waals surface area contributed by atoms with E-state index in [4.69, 9.17) is 0 Å². The Bertz CT molecular complexity index is 1020. The molecule has 2 aromatic heterocycles. The Balaban J connectivity index is 1.73. The van der Waals surface area contributed by atoms with Crippen LogP contribution in [0, 0.1) is 11.6 Å². The van der Waals surface area contributed by atoms with Gasteiger partial charge in [-0.1, -0.05) is 12.1 Å². The molecule has 0 saturated carbocycles. The SMILES string of the molecule is O=c1[nH]c(C=Cc2ccc(F)c(F)c2)nc2sc3c(c12)CCCC3. The molecule has 6 heteroatoms. The molecule has 3 aromatic rings. The van der Waals surface area contributed by atoms with Gasteiger partial charge in [0.05, 0.1) is 5.39 Å². The fourth-order valence-electron chi connectivity index (χ4n) is 3.05. The average Bonchev–Trinajstić information content (AvgIpc) is 2.94. The average molecular weight is 344 g/mol. The van der Waals surface area contributed by atoms with E-state index in [1.54, 1.807) is 23.5 Å². The molecule has 0 aliphatic heterocycles. The molecule has 1 aliphatic carbocycles. The summed E-state index contributed by atoms with van der Waals surface area (Å²) in [6.45, 7) is 0. The summed E-state index contributed by atoms with van der Waals surface area (Å²) in [6, 6.07) is 3.64. The maximum atomic E-state index is 13.2. The lowest BCUT2D eigenvalue weighted by Gasteiger charge is -2.09. The summed E-state index contributed by atoms with van der Waals surface area (Å²) in [5.41, 5.74) is 1.51. The van der Waals surface area contributed by atoms with Crippen LogP contribution in [0.25, 0.3) is 22.4 Å². The lowest BCUT2D eigenvalue weighted by atomic mass is 9.97. The number of aromatic amines is 1. The second-order valence-electron chi connectivity index (χ2n) is 5.85. The van der Waals surface area contributed by atoms with Crippen LogP contribution in [0.4, 0.5) is 8.78 Å². The number of nitrogens with zero attached hydrogens (tertiary/aromatic N) is 1. The number of hydrogen-bond acceptors (Lipinski definition) is 3. The second kappa shape index (κ2) is 5.94. The number of benzene rings is 1. The third kappa shape index (κ3) is 2.67. The summed E-state index contributed by atoms with van der Waals surface area (Å²) in [4.78, 5) is 21.7. The standard InChI is InChI=1S/C18H14F2N2OS/c19-12-7-5-10(9-13(12)20)6-8-15-21-17(23)16-11-3-1-2-4-14(11)24-18(16)22-15/h5-9H,1-4H2,(H,21,22,23). The zero-order valence-electron chi connectivity index (χ0n) is 12.7. The van der Waals surface area contributed by atoms with Crippen LogP contribution in [0.15, 0.2) is 23.0 Å². The summed E-state index contributed by atoms with van der Waals surface area (Å²) < 4.78 is 26.2. The first kappa shape index (κ1) is 15.2. The van der Waals surface area contributed by atoms with Gasteiger partial charge in [0.1, 0.15) is 10.7 Å². The van der Waals surface area contributed by atoms with Crippen LogP contribution in [0.1, 0.15) is 34.7 Å². The molecule has 122 valence electrons. The largest absolute Gasteiger partial charge is 0.306 e. The maximum Gasteiger partial charge on any atom is 0.260 e. The first-order chi connectivity index (χ1) is 11.6. The van der Waals surface area contributed by atoms with Crippen molar-refractivity contribution < 1.29 is 8.78 Å². The van der Waals surface area contributed by atoms with Gasteiger partial charge in [0.2, 0.25) is 0 Å². The fraction of sp³-hybridized carbons (Fsp3) is 0.222. The molecule has 3 nitrogen and oxygen atoms in total. The van der Waals surface area contributed by atoms with Gasteiger partial charge in [-0.3, -0.25) is 4.79 Å². The highest BCUT2D eigenvalue weighted by Crippen LogP contribution is 2.33. The molecule has 2 heterocycles. The number of fused-ring (bicyclic) bond motifs is 3. The Kier molecular flexibility index (Phi) is 3.76. The number of aryl methyl sites for hydroxylation is 2. The van der Waals surface area contributed by atoms with Crippen molar-refractivity contribution in [1.82, 2.24) is 9.97 Å². The summed E-state index contributed by atoms with van der Waals surface area (Å²) in [5, 5.41) is 0.708. The van der Waals surface area contributed by atoms with E-state index < -0.39 is 11.6 Å². The van der Waals surface area contributed by atoms with E-state index >= 15 is 0 Å². The monoisotopic (exact) mass is 344 g/mol. The normalized spacial score (nSPS) is 14.4. The Morgan fingerprint density at radius 1 is 1.12 bits per heavy atom. The van der Waals surface area contributed by atoms with Crippen LogP contribution < -0.4 is 5.56 Å². The zero-order valence-corrected chi connectivity index (χ0v) is 13.6. The van der Waals surface area contributed by atoms with Crippen molar-refractivity contribution in [1.29, 1.82) is 0 Å². The Morgan fingerprint density at radius 3 is 2.79 bits per heavy atom. The lowest BCUT2D eigenvalue weighted by molar-refractivity contribution is 0.508. The minimum Gasteiger partial charge on any atom is -0.306 e. The maximum absolute atomic E-state index is 13.2. The van der Waals surface area contributed by atoms with Crippen LogP contribution in [0.2, 0.25) is 0 Å². The number of rotatable bonds is 2. The number of hydrogen-bond donors (Lipinski definition) is 1. The van der Waals surface area contributed by atoms with Gasteiger partial charge in [-0.2, -0.15) is 0 Å². The van der Waals surface area contributed by atoms with Gasteiger partial charge in [0.15, 0.2) is 11.6 Å². The summed E-state index contributed by atoms with van der Waals surface area (Å²) >= 11 is 1.58. The predicted molar refractivity (Wildman–Crippen MR) is 92.2 cm³/mol. The molecule has 0 amide bonds.